The summed E-state index contributed by atoms with van der Waals surface area (Å²) < 4.78 is 4.91. The average molecular weight is 232 g/mol. The minimum absolute atomic E-state index is 0.116. The molecule has 1 atom stereocenters. The fraction of sp³-hybridized carbons (Fsp3) is 0.800. The van der Waals surface area contributed by atoms with Crippen molar-refractivity contribution < 1.29 is 19.4 Å². The maximum atomic E-state index is 11.5. The molecule has 1 unspecified atom stereocenters. The van der Waals surface area contributed by atoms with Crippen LogP contribution in [0.5, 0.6) is 0 Å². The SMILES string of the molecule is CCC(COC)NC(=O)NC(C)(C)C(=O)O. The molecule has 2 amide bonds. The van der Waals surface area contributed by atoms with Crippen LogP contribution >= 0.6 is 0 Å². The number of aliphatic carboxylic acids is 1. The van der Waals surface area contributed by atoms with Gasteiger partial charge in [0.05, 0.1) is 12.6 Å². The van der Waals surface area contributed by atoms with Gasteiger partial charge < -0.3 is 20.5 Å². The van der Waals surface area contributed by atoms with E-state index in [1.807, 2.05) is 6.92 Å². The highest BCUT2D eigenvalue weighted by Crippen LogP contribution is 2.01. The molecule has 94 valence electrons. The Hall–Kier alpha value is -1.30. The van der Waals surface area contributed by atoms with E-state index in [4.69, 9.17) is 9.84 Å². The van der Waals surface area contributed by atoms with Crippen LogP contribution in [0.15, 0.2) is 0 Å². The number of carboxylic acid groups (broad SMARTS) is 1. The van der Waals surface area contributed by atoms with Crippen molar-refractivity contribution in [1.82, 2.24) is 10.6 Å². The van der Waals surface area contributed by atoms with E-state index >= 15 is 0 Å². The molecule has 0 bridgehead atoms. The van der Waals surface area contributed by atoms with Crippen molar-refractivity contribution in [3.05, 3.63) is 0 Å². The maximum Gasteiger partial charge on any atom is 0.328 e. The quantitative estimate of drug-likeness (QED) is 0.625. The van der Waals surface area contributed by atoms with Gasteiger partial charge in [-0.25, -0.2) is 9.59 Å². The summed E-state index contributed by atoms with van der Waals surface area (Å²) >= 11 is 0. The van der Waals surface area contributed by atoms with E-state index in [1.165, 1.54) is 13.8 Å². The van der Waals surface area contributed by atoms with Gasteiger partial charge in [-0.05, 0) is 20.3 Å². The van der Waals surface area contributed by atoms with Crippen LogP contribution in [0.25, 0.3) is 0 Å². The number of ether oxygens (including phenoxy) is 1. The lowest BCUT2D eigenvalue weighted by Crippen LogP contribution is -2.55. The van der Waals surface area contributed by atoms with Crippen LogP contribution in [0.3, 0.4) is 0 Å². The summed E-state index contributed by atoms with van der Waals surface area (Å²) in [7, 11) is 1.55. The highest BCUT2D eigenvalue weighted by molar-refractivity contribution is 5.85. The minimum atomic E-state index is -1.28. The number of carboxylic acids is 1. The van der Waals surface area contributed by atoms with Crippen molar-refractivity contribution in [3.8, 4) is 0 Å². The fourth-order valence-corrected chi connectivity index (χ4v) is 1.02. The molecule has 0 rings (SSSR count). The third-order valence-electron chi connectivity index (χ3n) is 2.16. The molecule has 0 aliphatic heterocycles. The monoisotopic (exact) mass is 232 g/mol. The molecule has 0 fully saturated rings. The number of nitrogens with one attached hydrogen (secondary N) is 2. The van der Waals surface area contributed by atoms with E-state index in [0.717, 1.165) is 6.42 Å². The van der Waals surface area contributed by atoms with Gasteiger partial charge in [0.15, 0.2) is 0 Å². The third-order valence-corrected chi connectivity index (χ3v) is 2.16. The van der Waals surface area contributed by atoms with Crippen LogP contribution in [0, 0.1) is 0 Å². The summed E-state index contributed by atoms with van der Waals surface area (Å²) in [5, 5.41) is 13.8. The second-order valence-electron chi connectivity index (χ2n) is 4.09. The second kappa shape index (κ2) is 6.32. The lowest BCUT2D eigenvalue weighted by Gasteiger charge is -2.23. The van der Waals surface area contributed by atoms with Crippen molar-refractivity contribution in [2.75, 3.05) is 13.7 Å². The van der Waals surface area contributed by atoms with E-state index in [9.17, 15) is 9.59 Å². The first kappa shape index (κ1) is 14.7. The van der Waals surface area contributed by atoms with Crippen LogP contribution in [-0.2, 0) is 9.53 Å². The molecule has 3 N–H and O–H groups in total. The lowest BCUT2D eigenvalue weighted by molar-refractivity contribution is -0.142. The van der Waals surface area contributed by atoms with Crippen LogP contribution in [-0.4, -0.2) is 42.4 Å². The molecule has 0 aromatic carbocycles. The number of amides is 2. The largest absolute Gasteiger partial charge is 0.480 e. The predicted molar refractivity (Wildman–Crippen MR) is 59.3 cm³/mol. The summed E-state index contributed by atoms with van der Waals surface area (Å²) in [5.74, 6) is -1.08. The summed E-state index contributed by atoms with van der Waals surface area (Å²) in [5.41, 5.74) is -1.28. The molecule has 0 aliphatic rings. The van der Waals surface area contributed by atoms with Gasteiger partial charge in [0.25, 0.3) is 0 Å². The maximum absolute atomic E-state index is 11.5. The Morgan fingerprint density at radius 3 is 2.38 bits per heavy atom. The molecule has 6 heteroatoms. The Labute approximate surface area is 95.4 Å². The van der Waals surface area contributed by atoms with Gasteiger partial charge in [-0.3, -0.25) is 0 Å². The Kier molecular flexibility index (Phi) is 5.81. The van der Waals surface area contributed by atoms with Crippen LogP contribution in [0.1, 0.15) is 27.2 Å². The van der Waals surface area contributed by atoms with Gasteiger partial charge >= 0.3 is 12.0 Å². The fourth-order valence-electron chi connectivity index (χ4n) is 1.02. The Bertz CT molecular complexity index is 253. The zero-order valence-electron chi connectivity index (χ0n) is 10.2. The van der Waals surface area contributed by atoms with E-state index in [-0.39, 0.29) is 6.04 Å². The predicted octanol–water partition coefficient (Wildman–Crippen LogP) is 0.574. The van der Waals surface area contributed by atoms with Crippen molar-refractivity contribution in [2.45, 2.75) is 38.8 Å². The number of hydrogen-bond donors (Lipinski definition) is 3. The molecule has 0 aromatic heterocycles. The average Bonchev–Trinajstić information content (AvgIpc) is 2.15. The van der Waals surface area contributed by atoms with Gasteiger partial charge in [-0.2, -0.15) is 0 Å². The van der Waals surface area contributed by atoms with Crippen molar-refractivity contribution >= 4 is 12.0 Å². The molecular weight excluding hydrogens is 212 g/mol. The topological polar surface area (TPSA) is 87.7 Å². The van der Waals surface area contributed by atoms with E-state index < -0.39 is 17.5 Å². The highest BCUT2D eigenvalue weighted by atomic mass is 16.5. The Morgan fingerprint density at radius 2 is 2.00 bits per heavy atom. The van der Waals surface area contributed by atoms with Crippen molar-refractivity contribution in [3.63, 3.8) is 0 Å². The first-order valence-electron chi connectivity index (χ1n) is 5.14. The van der Waals surface area contributed by atoms with E-state index in [1.54, 1.807) is 7.11 Å². The second-order valence-corrected chi connectivity index (χ2v) is 4.09. The third kappa shape index (κ3) is 4.97. The summed E-state index contributed by atoms with van der Waals surface area (Å²) in [6, 6.07) is -0.620. The van der Waals surface area contributed by atoms with Gasteiger partial charge in [0, 0.05) is 7.11 Å². The van der Waals surface area contributed by atoms with Gasteiger partial charge in [-0.1, -0.05) is 6.92 Å². The lowest BCUT2D eigenvalue weighted by atomic mass is 10.1. The first-order valence-corrected chi connectivity index (χ1v) is 5.14. The standard InChI is InChI=1S/C10H20N2O4/c1-5-7(6-16-4)11-9(15)12-10(2,3)8(13)14/h7H,5-6H2,1-4H3,(H,13,14)(H2,11,12,15). The Morgan fingerprint density at radius 1 is 1.44 bits per heavy atom. The van der Waals surface area contributed by atoms with Crippen molar-refractivity contribution in [2.24, 2.45) is 0 Å². The van der Waals surface area contributed by atoms with E-state index in [0.29, 0.717) is 6.61 Å². The number of rotatable bonds is 6. The molecule has 0 saturated heterocycles. The van der Waals surface area contributed by atoms with Crippen LogP contribution in [0.2, 0.25) is 0 Å². The molecule has 0 aromatic rings. The Balaban J connectivity index is 4.21. The molecule has 0 saturated carbocycles. The normalized spacial score (nSPS) is 13.0. The number of carbonyl (C=O) groups excluding carboxylic acids is 1. The number of hydrogen-bond acceptors (Lipinski definition) is 3. The van der Waals surface area contributed by atoms with E-state index in [2.05, 4.69) is 10.6 Å². The van der Waals surface area contributed by atoms with Gasteiger partial charge in [0.1, 0.15) is 5.54 Å². The number of methoxy groups -OCH3 is 1. The molecule has 16 heavy (non-hydrogen) atoms. The summed E-state index contributed by atoms with van der Waals surface area (Å²) in [6.45, 7) is 5.15. The summed E-state index contributed by atoms with van der Waals surface area (Å²) in [6.07, 6.45) is 0.717. The summed E-state index contributed by atoms with van der Waals surface area (Å²) in [4.78, 5) is 22.2. The van der Waals surface area contributed by atoms with Gasteiger partial charge in [0.2, 0.25) is 0 Å². The number of carbonyl (C=O) groups is 2. The minimum Gasteiger partial charge on any atom is -0.480 e. The van der Waals surface area contributed by atoms with Crippen molar-refractivity contribution in [1.29, 1.82) is 0 Å². The molecule has 0 radical (unpaired) electrons. The highest BCUT2D eigenvalue weighted by Gasteiger charge is 2.29. The number of urea groups is 1. The molecule has 0 aliphatic carbocycles. The molecule has 0 spiro atoms. The first-order chi connectivity index (χ1) is 7.33. The zero-order chi connectivity index (χ0) is 12.8. The molecule has 6 nitrogen and oxygen atoms in total. The molecule has 0 heterocycles. The van der Waals surface area contributed by atoms with Crippen LogP contribution < -0.4 is 10.6 Å². The smallest absolute Gasteiger partial charge is 0.328 e. The zero-order valence-corrected chi connectivity index (χ0v) is 10.2. The van der Waals surface area contributed by atoms with Gasteiger partial charge in [-0.15, -0.1) is 0 Å². The van der Waals surface area contributed by atoms with Crippen LogP contribution in [0.4, 0.5) is 4.79 Å². The molecular formula is C10H20N2O4.